The Balaban J connectivity index is 1.86. The minimum absolute atomic E-state index is 0.917. The van der Waals surface area contributed by atoms with Crippen LogP contribution in [0.15, 0.2) is 53.5 Å². The van der Waals surface area contributed by atoms with Crippen molar-refractivity contribution in [1.29, 1.82) is 0 Å². The lowest BCUT2D eigenvalue weighted by molar-refractivity contribution is 0.216. The lowest BCUT2D eigenvalue weighted by atomic mass is 10.1. The number of nitrogens with zero attached hydrogens (tertiary/aromatic N) is 4. The third kappa shape index (κ3) is 2.48. The molecule has 0 amide bonds. The summed E-state index contributed by atoms with van der Waals surface area (Å²) in [6.45, 7) is 4.07. The van der Waals surface area contributed by atoms with Crippen LogP contribution in [0, 0.1) is 0 Å². The van der Waals surface area contributed by atoms with Crippen LogP contribution in [0.5, 0.6) is 0 Å². The van der Waals surface area contributed by atoms with Gasteiger partial charge < -0.3 is 9.80 Å². The fraction of sp³-hybridized carbons (Fsp3) is 0.278. The Kier molecular flexibility index (Phi) is 3.52. The van der Waals surface area contributed by atoms with E-state index in [0.29, 0.717) is 0 Å². The van der Waals surface area contributed by atoms with Crippen molar-refractivity contribution in [3.05, 3.63) is 54.1 Å². The highest BCUT2D eigenvalue weighted by Crippen LogP contribution is 2.37. The van der Waals surface area contributed by atoms with Crippen LogP contribution in [-0.4, -0.2) is 48.9 Å². The average Bonchev–Trinajstić information content (AvgIpc) is 2.72. The number of para-hydroxylation sites is 3. The summed E-state index contributed by atoms with van der Waals surface area (Å²) < 4.78 is 0. The van der Waals surface area contributed by atoms with Gasteiger partial charge in [-0.1, -0.05) is 24.3 Å². The van der Waals surface area contributed by atoms with E-state index in [1.165, 1.54) is 0 Å². The SMILES string of the molecule is CN1CCN(C2=Nc3ccccc3N(N)c3ccccc32)CC1. The first-order valence-corrected chi connectivity index (χ1v) is 7.99. The molecule has 0 spiro atoms. The molecule has 4 rings (SSSR count). The molecule has 1 saturated heterocycles. The summed E-state index contributed by atoms with van der Waals surface area (Å²) in [6.07, 6.45) is 0. The number of anilines is 2. The van der Waals surface area contributed by atoms with Crippen LogP contribution in [-0.2, 0) is 0 Å². The normalized spacial score (nSPS) is 18.1. The molecular weight excluding hydrogens is 286 g/mol. The van der Waals surface area contributed by atoms with Crippen molar-refractivity contribution in [3.8, 4) is 0 Å². The third-order valence-electron chi connectivity index (χ3n) is 4.57. The fourth-order valence-corrected chi connectivity index (χ4v) is 3.20. The maximum atomic E-state index is 6.41. The van der Waals surface area contributed by atoms with Crippen LogP contribution in [0.25, 0.3) is 0 Å². The van der Waals surface area contributed by atoms with Gasteiger partial charge in [0.05, 0.1) is 17.1 Å². The molecule has 0 unspecified atom stereocenters. The van der Waals surface area contributed by atoms with Gasteiger partial charge in [0, 0.05) is 31.7 Å². The lowest BCUT2D eigenvalue weighted by Gasteiger charge is -2.35. The number of hydrogen-bond acceptors (Lipinski definition) is 5. The monoisotopic (exact) mass is 307 g/mol. The first kappa shape index (κ1) is 14.2. The number of piperazine rings is 1. The van der Waals surface area contributed by atoms with Crippen molar-refractivity contribution in [2.24, 2.45) is 10.8 Å². The summed E-state index contributed by atoms with van der Waals surface area (Å²) >= 11 is 0. The zero-order chi connectivity index (χ0) is 15.8. The third-order valence-corrected chi connectivity index (χ3v) is 4.57. The molecule has 2 aromatic carbocycles. The van der Waals surface area contributed by atoms with Gasteiger partial charge in [0.1, 0.15) is 5.84 Å². The standard InChI is InChI=1S/C18H21N5/c1-21-10-12-22(13-11-21)18-14-6-2-4-8-16(14)23(19)17-9-5-3-7-15(17)20-18/h2-9H,10-13,19H2,1H3. The summed E-state index contributed by atoms with van der Waals surface area (Å²) in [5.74, 6) is 7.43. The van der Waals surface area contributed by atoms with Crippen molar-refractivity contribution in [3.63, 3.8) is 0 Å². The van der Waals surface area contributed by atoms with Crippen molar-refractivity contribution in [2.45, 2.75) is 0 Å². The van der Waals surface area contributed by atoms with E-state index in [1.54, 1.807) is 5.01 Å². The predicted octanol–water partition coefficient (Wildman–Crippen LogP) is 2.34. The van der Waals surface area contributed by atoms with Crippen LogP contribution in [0.1, 0.15) is 5.56 Å². The molecule has 0 saturated carbocycles. The van der Waals surface area contributed by atoms with Gasteiger partial charge in [-0.25, -0.2) is 10.8 Å². The number of benzene rings is 2. The Morgan fingerprint density at radius 2 is 1.52 bits per heavy atom. The van der Waals surface area contributed by atoms with Crippen LogP contribution in [0.2, 0.25) is 0 Å². The molecule has 0 radical (unpaired) electrons. The Bertz CT molecular complexity index is 747. The molecule has 2 aromatic rings. The number of nitrogens with two attached hydrogens (primary N) is 1. The number of likely N-dealkylation sites (N-methyl/N-ethyl adjacent to an activating group) is 1. The highest BCUT2D eigenvalue weighted by atomic mass is 15.4. The van der Waals surface area contributed by atoms with Gasteiger partial charge in [0.25, 0.3) is 0 Å². The highest BCUT2D eigenvalue weighted by molar-refractivity contribution is 6.07. The van der Waals surface area contributed by atoms with Crippen molar-refractivity contribution >= 4 is 22.9 Å². The molecule has 0 aliphatic carbocycles. The van der Waals surface area contributed by atoms with Crippen LogP contribution < -0.4 is 10.9 Å². The number of aliphatic imine (C=N–C) groups is 1. The number of amidine groups is 1. The molecular formula is C18H21N5. The fourth-order valence-electron chi connectivity index (χ4n) is 3.20. The molecule has 2 aliphatic rings. The number of hydrazine groups is 1. The van der Waals surface area contributed by atoms with E-state index in [1.807, 2.05) is 36.4 Å². The maximum Gasteiger partial charge on any atom is 0.138 e. The van der Waals surface area contributed by atoms with E-state index in [-0.39, 0.29) is 0 Å². The summed E-state index contributed by atoms with van der Waals surface area (Å²) in [7, 11) is 2.16. The molecule has 0 bridgehead atoms. The second kappa shape index (κ2) is 5.68. The van der Waals surface area contributed by atoms with Crippen LogP contribution in [0.4, 0.5) is 17.1 Å². The second-order valence-electron chi connectivity index (χ2n) is 6.10. The van der Waals surface area contributed by atoms with Gasteiger partial charge in [0.2, 0.25) is 0 Å². The average molecular weight is 307 g/mol. The van der Waals surface area contributed by atoms with E-state index < -0.39 is 0 Å². The van der Waals surface area contributed by atoms with Crippen molar-refractivity contribution in [1.82, 2.24) is 9.80 Å². The van der Waals surface area contributed by atoms with Gasteiger partial charge in [-0.3, -0.25) is 5.01 Å². The highest BCUT2D eigenvalue weighted by Gasteiger charge is 2.25. The quantitative estimate of drug-likeness (QED) is 0.759. The lowest BCUT2D eigenvalue weighted by Crippen LogP contribution is -2.47. The van der Waals surface area contributed by atoms with Gasteiger partial charge >= 0.3 is 0 Å². The van der Waals surface area contributed by atoms with Crippen molar-refractivity contribution in [2.75, 3.05) is 38.2 Å². The molecule has 2 N–H and O–H groups in total. The summed E-state index contributed by atoms with van der Waals surface area (Å²) in [6, 6.07) is 16.3. The number of fused-ring (bicyclic) bond motifs is 2. The minimum Gasteiger partial charge on any atom is -0.353 e. The number of rotatable bonds is 0. The molecule has 2 aliphatic heterocycles. The Morgan fingerprint density at radius 3 is 2.30 bits per heavy atom. The molecule has 2 heterocycles. The molecule has 5 nitrogen and oxygen atoms in total. The smallest absolute Gasteiger partial charge is 0.138 e. The molecule has 5 heteroatoms. The van der Waals surface area contributed by atoms with Crippen LogP contribution in [0.3, 0.4) is 0 Å². The first-order valence-electron chi connectivity index (χ1n) is 7.99. The van der Waals surface area contributed by atoms with Gasteiger partial charge in [-0.15, -0.1) is 0 Å². The van der Waals surface area contributed by atoms with E-state index in [4.69, 9.17) is 10.8 Å². The van der Waals surface area contributed by atoms with E-state index >= 15 is 0 Å². The molecule has 0 aromatic heterocycles. The summed E-state index contributed by atoms with van der Waals surface area (Å²) in [5.41, 5.74) is 3.94. The molecule has 118 valence electrons. The van der Waals surface area contributed by atoms with Gasteiger partial charge in [0.15, 0.2) is 0 Å². The van der Waals surface area contributed by atoms with E-state index in [0.717, 1.165) is 54.6 Å². The first-order chi connectivity index (χ1) is 11.2. The molecule has 23 heavy (non-hydrogen) atoms. The minimum atomic E-state index is 0.917. The summed E-state index contributed by atoms with van der Waals surface area (Å²) in [4.78, 5) is 9.70. The Labute approximate surface area is 136 Å². The summed E-state index contributed by atoms with van der Waals surface area (Å²) in [5, 5.41) is 1.75. The molecule has 0 atom stereocenters. The number of hydrogen-bond donors (Lipinski definition) is 1. The topological polar surface area (TPSA) is 48.1 Å². The Morgan fingerprint density at radius 1 is 0.870 bits per heavy atom. The zero-order valence-electron chi connectivity index (χ0n) is 13.3. The van der Waals surface area contributed by atoms with E-state index in [9.17, 15) is 0 Å². The maximum absolute atomic E-state index is 6.41. The van der Waals surface area contributed by atoms with Gasteiger partial charge in [-0.2, -0.15) is 0 Å². The second-order valence-corrected chi connectivity index (χ2v) is 6.10. The largest absolute Gasteiger partial charge is 0.353 e. The Hall–Kier alpha value is -2.37. The molecule has 1 fully saturated rings. The van der Waals surface area contributed by atoms with Crippen molar-refractivity contribution < 1.29 is 0 Å². The zero-order valence-corrected chi connectivity index (χ0v) is 13.3. The van der Waals surface area contributed by atoms with Crippen LogP contribution >= 0.6 is 0 Å². The van der Waals surface area contributed by atoms with Gasteiger partial charge in [-0.05, 0) is 31.3 Å². The predicted molar refractivity (Wildman–Crippen MR) is 94.5 cm³/mol. The van der Waals surface area contributed by atoms with E-state index in [2.05, 4.69) is 29.0 Å².